The average molecular weight is 663 g/mol. The van der Waals surface area contributed by atoms with Crippen LogP contribution in [0.2, 0.25) is 0 Å². The molecule has 5 aliphatic rings. The molecular weight excluding hydrogens is 626 g/mol. The van der Waals surface area contributed by atoms with E-state index < -0.39 is 11.6 Å². The lowest BCUT2D eigenvalue weighted by atomic mass is 9.90. The topological polar surface area (TPSA) is 107 Å². The van der Waals surface area contributed by atoms with Gasteiger partial charge in [-0.25, -0.2) is 8.78 Å². The molecule has 4 saturated heterocycles. The van der Waals surface area contributed by atoms with Gasteiger partial charge < -0.3 is 24.8 Å². The smallest absolute Gasteiger partial charge is 0.319 e. The van der Waals surface area contributed by atoms with Crippen LogP contribution in [0.25, 0.3) is 32.8 Å². The number of nitriles is 1. The molecule has 1 aliphatic carbocycles. The number of fused-ring (bicyclic) bond motifs is 6. The Balaban J connectivity index is 1.15. The third-order valence-electron chi connectivity index (χ3n) is 11.1. The fraction of sp³-hybridized carbons (Fsp3) is 0.447. The Kier molecular flexibility index (Phi) is 7.17. The number of nitrogens with zero attached hydrogens (tertiary/aromatic N) is 5. The molecule has 5 heterocycles. The number of hydrogen-bond acceptors (Lipinski definition) is 9. The molecule has 4 aromatic rings. The lowest BCUT2D eigenvalue weighted by Crippen LogP contribution is -2.51. The van der Waals surface area contributed by atoms with E-state index in [0.29, 0.717) is 48.5 Å². The van der Waals surface area contributed by atoms with Crippen LogP contribution in [0.4, 0.5) is 14.6 Å². The molecule has 0 radical (unpaired) electrons. The predicted molar refractivity (Wildman–Crippen MR) is 180 cm³/mol. The van der Waals surface area contributed by atoms with Crippen molar-refractivity contribution in [2.24, 2.45) is 5.41 Å². The third kappa shape index (κ3) is 5.32. The Hall–Kier alpha value is -4.55. The van der Waals surface area contributed by atoms with Crippen molar-refractivity contribution in [1.82, 2.24) is 20.2 Å². The van der Waals surface area contributed by atoms with E-state index in [1.54, 1.807) is 6.07 Å². The zero-order valence-electron chi connectivity index (χ0n) is 27.0. The van der Waals surface area contributed by atoms with E-state index in [1.807, 2.05) is 0 Å². The summed E-state index contributed by atoms with van der Waals surface area (Å²) in [7, 11) is 0. The van der Waals surface area contributed by atoms with Gasteiger partial charge in [-0.2, -0.15) is 15.2 Å². The van der Waals surface area contributed by atoms with Crippen molar-refractivity contribution >= 4 is 27.5 Å². The van der Waals surface area contributed by atoms with Crippen LogP contribution >= 0.6 is 0 Å². The molecule has 4 atom stereocenters. The number of halogens is 2. The van der Waals surface area contributed by atoms with Crippen molar-refractivity contribution in [3.63, 3.8) is 0 Å². The summed E-state index contributed by atoms with van der Waals surface area (Å²) >= 11 is 0. The van der Waals surface area contributed by atoms with Gasteiger partial charge in [-0.1, -0.05) is 12.0 Å². The van der Waals surface area contributed by atoms with Gasteiger partial charge in [0.2, 0.25) is 0 Å². The van der Waals surface area contributed by atoms with Gasteiger partial charge in [0, 0.05) is 66.6 Å². The van der Waals surface area contributed by atoms with Crippen molar-refractivity contribution in [3.8, 4) is 41.3 Å². The van der Waals surface area contributed by atoms with E-state index in [9.17, 15) is 14.8 Å². The van der Waals surface area contributed by atoms with Crippen LogP contribution in [0.3, 0.4) is 0 Å². The quantitative estimate of drug-likeness (QED) is 0.257. The molecule has 1 saturated carbocycles. The molecule has 5 fully saturated rings. The molecule has 11 heteroatoms. The Morgan fingerprint density at radius 1 is 1.04 bits per heavy atom. The van der Waals surface area contributed by atoms with Crippen molar-refractivity contribution in [1.29, 1.82) is 5.26 Å². The van der Waals surface area contributed by atoms with Gasteiger partial charge in [-0.3, -0.25) is 4.90 Å². The number of terminal acetylenes is 1. The number of ether oxygens (including phenoxy) is 2. The van der Waals surface area contributed by atoms with Gasteiger partial charge in [0.25, 0.3) is 0 Å². The average Bonchev–Trinajstić information content (AvgIpc) is 3.66. The normalized spacial score (nSPS) is 25.4. The van der Waals surface area contributed by atoms with Crippen LogP contribution in [0.15, 0.2) is 30.3 Å². The second kappa shape index (κ2) is 11.5. The van der Waals surface area contributed by atoms with Crippen LogP contribution in [-0.2, 0) is 4.74 Å². The monoisotopic (exact) mass is 662 g/mol. The molecule has 4 aliphatic heterocycles. The van der Waals surface area contributed by atoms with Crippen molar-refractivity contribution in [3.05, 3.63) is 53.1 Å². The van der Waals surface area contributed by atoms with E-state index in [0.717, 1.165) is 58.2 Å². The molecule has 49 heavy (non-hydrogen) atoms. The number of nitrogens with one attached hydrogen (secondary N) is 1. The second-order valence-electron chi connectivity index (χ2n) is 14.6. The van der Waals surface area contributed by atoms with Gasteiger partial charge in [0.15, 0.2) is 5.82 Å². The van der Waals surface area contributed by atoms with E-state index >= 15 is 4.39 Å². The molecule has 4 bridgehead atoms. The van der Waals surface area contributed by atoms with Gasteiger partial charge >= 0.3 is 6.01 Å². The number of likely N-dealkylation sites (tertiary alicyclic amines) is 1. The number of rotatable bonds is 7. The van der Waals surface area contributed by atoms with Crippen LogP contribution < -0.4 is 15.0 Å². The summed E-state index contributed by atoms with van der Waals surface area (Å²) in [6, 6.07) is 9.81. The second-order valence-corrected chi connectivity index (χ2v) is 14.6. The molecule has 4 unspecified atom stereocenters. The summed E-state index contributed by atoms with van der Waals surface area (Å²) in [5.74, 6) is 1.28. The summed E-state index contributed by atoms with van der Waals surface area (Å²) in [5.41, 5.74) is -0.120. The molecule has 0 spiro atoms. The number of aromatic hydroxyl groups is 1. The SMILES string of the molecule is C#Cc1c(F)ccc2cc(O)cc(-c3c(C#N)cc4c(N5CC6CCC(C5)N6)nc(OCC5(CN6CC7CCC(C6)O7)CC5)nc4c3F)c12. The van der Waals surface area contributed by atoms with Gasteiger partial charge in [-0.15, -0.1) is 6.42 Å². The summed E-state index contributed by atoms with van der Waals surface area (Å²) in [5, 5.41) is 25.7. The third-order valence-corrected chi connectivity index (χ3v) is 11.1. The highest BCUT2D eigenvalue weighted by Crippen LogP contribution is 2.48. The molecule has 9 nitrogen and oxygen atoms in total. The first-order valence-electron chi connectivity index (χ1n) is 17.2. The van der Waals surface area contributed by atoms with Gasteiger partial charge in [0.1, 0.15) is 22.9 Å². The molecule has 0 amide bonds. The number of hydrogen-bond donors (Lipinski definition) is 2. The minimum absolute atomic E-state index is 0.00262. The van der Waals surface area contributed by atoms with Gasteiger partial charge in [-0.05, 0) is 73.7 Å². The number of morpholine rings is 1. The summed E-state index contributed by atoms with van der Waals surface area (Å²) < 4.78 is 44.6. The van der Waals surface area contributed by atoms with Crippen LogP contribution in [0.5, 0.6) is 11.8 Å². The molecule has 9 rings (SSSR count). The van der Waals surface area contributed by atoms with Crippen molar-refractivity contribution in [2.45, 2.75) is 62.8 Å². The Labute approximate surface area is 282 Å². The van der Waals surface area contributed by atoms with Crippen molar-refractivity contribution in [2.75, 3.05) is 44.2 Å². The van der Waals surface area contributed by atoms with E-state index in [4.69, 9.17) is 20.9 Å². The number of phenols is 1. The molecule has 250 valence electrons. The minimum atomic E-state index is -0.787. The summed E-state index contributed by atoms with van der Waals surface area (Å²) in [6.07, 6.45) is 12.7. The van der Waals surface area contributed by atoms with Crippen molar-refractivity contribution < 1.29 is 23.4 Å². The van der Waals surface area contributed by atoms with E-state index in [-0.39, 0.29) is 62.4 Å². The molecule has 1 aromatic heterocycles. The standard InChI is InChI=1S/C38H36F2N6O3/c1-2-28-31(39)8-3-21-11-25(47)13-29(32(21)28)33-22(14-41)12-30-35(34(33)40)43-37(44-36(30)46-15-23-4-5-24(16-46)42-23)48-20-38(9-10-38)19-45-17-26-6-7-27(18-45)49-26/h1,3,8,11-13,23-24,26-27,42,47H,4-7,9-10,15-20H2. The number of phenolic OH excluding ortho intramolecular Hbond substituents is 1. The zero-order valence-corrected chi connectivity index (χ0v) is 27.0. The predicted octanol–water partition coefficient (Wildman–Crippen LogP) is 5.25. The first-order valence-corrected chi connectivity index (χ1v) is 17.2. The highest BCUT2D eigenvalue weighted by Gasteiger charge is 2.47. The maximum absolute atomic E-state index is 17.2. The first-order chi connectivity index (χ1) is 23.8. The maximum Gasteiger partial charge on any atom is 0.319 e. The highest BCUT2D eigenvalue weighted by atomic mass is 19.1. The number of aromatic nitrogens is 2. The Morgan fingerprint density at radius 2 is 1.80 bits per heavy atom. The molecular formula is C38H36F2N6O3. The van der Waals surface area contributed by atoms with Gasteiger partial charge in [0.05, 0.1) is 36.0 Å². The fourth-order valence-corrected chi connectivity index (χ4v) is 8.63. The minimum Gasteiger partial charge on any atom is -0.508 e. The fourth-order valence-electron chi connectivity index (χ4n) is 8.63. The number of benzene rings is 3. The zero-order chi connectivity index (χ0) is 33.4. The lowest BCUT2D eigenvalue weighted by Gasteiger charge is -2.35. The van der Waals surface area contributed by atoms with E-state index in [2.05, 4.69) is 32.1 Å². The number of piperazine rings is 1. The largest absolute Gasteiger partial charge is 0.508 e. The van der Waals surface area contributed by atoms with Crippen LogP contribution in [0, 0.1) is 40.7 Å². The summed E-state index contributed by atoms with van der Waals surface area (Å²) in [4.78, 5) is 14.2. The van der Waals surface area contributed by atoms with Crippen LogP contribution in [0.1, 0.15) is 49.7 Å². The summed E-state index contributed by atoms with van der Waals surface area (Å²) in [6.45, 7) is 4.55. The molecule has 2 N–H and O–H groups in total. The highest BCUT2D eigenvalue weighted by molar-refractivity contribution is 6.05. The maximum atomic E-state index is 17.2. The Bertz CT molecular complexity index is 2080. The Morgan fingerprint density at radius 3 is 2.49 bits per heavy atom. The number of anilines is 1. The first kappa shape index (κ1) is 30.5. The lowest BCUT2D eigenvalue weighted by molar-refractivity contribution is -0.0460. The van der Waals surface area contributed by atoms with Crippen LogP contribution in [-0.4, -0.2) is 83.6 Å². The van der Waals surface area contributed by atoms with E-state index in [1.165, 1.54) is 24.3 Å². The molecule has 3 aromatic carbocycles.